The molecule has 2 aromatic heterocycles. The molecule has 2 aromatic carbocycles. The van der Waals surface area contributed by atoms with Gasteiger partial charge in [-0.25, -0.2) is 4.79 Å². The molecule has 37 heavy (non-hydrogen) atoms. The molecule has 0 aliphatic carbocycles. The number of rotatable bonds is 8. The van der Waals surface area contributed by atoms with E-state index < -0.39 is 0 Å². The zero-order valence-corrected chi connectivity index (χ0v) is 21.3. The van der Waals surface area contributed by atoms with Gasteiger partial charge in [0.25, 0.3) is 5.91 Å². The summed E-state index contributed by atoms with van der Waals surface area (Å²) in [7, 11) is 3.03. The van der Waals surface area contributed by atoms with Crippen LogP contribution in [0.2, 0.25) is 0 Å². The van der Waals surface area contributed by atoms with Crippen molar-refractivity contribution in [2.24, 2.45) is 0 Å². The molecule has 2 N–H and O–H groups in total. The predicted molar refractivity (Wildman–Crippen MR) is 143 cm³/mol. The molecule has 192 valence electrons. The summed E-state index contributed by atoms with van der Waals surface area (Å²) in [5.41, 5.74) is 4.16. The summed E-state index contributed by atoms with van der Waals surface area (Å²) in [6.45, 7) is 3.51. The Morgan fingerprint density at radius 2 is 1.95 bits per heavy atom. The van der Waals surface area contributed by atoms with Crippen LogP contribution in [0.5, 0.6) is 5.75 Å². The minimum absolute atomic E-state index is 0.0971. The molecule has 1 amide bonds. The Bertz CT molecular complexity index is 1420. The number of nitrogens with one attached hydrogen (secondary N) is 2. The van der Waals surface area contributed by atoms with Gasteiger partial charge in [0, 0.05) is 35.2 Å². The summed E-state index contributed by atoms with van der Waals surface area (Å²) < 4.78 is 10.3. The van der Waals surface area contributed by atoms with Crippen LogP contribution in [0.1, 0.15) is 51.5 Å². The second-order valence-electron chi connectivity index (χ2n) is 9.43. The number of H-pyrrole nitrogens is 1. The number of nitrogens with zero attached hydrogens (tertiary/aromatic N) is 2. The highest BCUT2D eigenvalue weighted by molar-refractivity contribution is 6.06. The predicted octanol–water partition coefficient (Wildman–Crippen LogP) is 4.51. The van der Waals surface area contributed by atoms with Crippen LogP contribution in [0.15, 0.2) is 54.9 Å². The Morgan fingerprint density at radius 3 is 2.73 bits per heavy atom. The fourth-order valence-corrected chi connectivity index (χ4v) is 5.33. The first-order valence-electron chi connectivity index (χ1n) is 12.7. The van der Waals surface area contributed by atoms with E-state index in [1.54, 1.807) is 19.4 Å². The number of benzene rings is 2. The monoisotopic (exact) mass is 500 g/mol. The normalized spacial score (nSPS) is 14.6. The Labute approximate surface area is 216 Å². The highest BCUT2D eigenvalue weighted by Crippen LogP contribution is 2.35. The maximum atomic E-state index is 12.9. The Hall–Kier alpha value is -3.91. The molecule has 3 heterocycles. The van der Waals surface area contributed by atoms with Crippen LogP contribution in [0.3, 0.4) is 0 Å². The summed E-state index contributed by atoms with van der Waals surface area (Å²) in [6, 6.07) is 13.0. The van der Waals surface area contributed by atoms with Crippen LogP contribution in [0.25, 0.3) is 21.8 Å². The summed E-state index contributed by atoms with van der Waals surface area (Å²) in [5.74, 6) is 0.699. The first-order chi connectivity index (χ1) is 18.1. The molecule has 1 fully saturated rings. The lowest BCUT2D eigenvalue weighted by molar-refractivity contribution is 0.0602. The molecule has 1 aliphatic rings. The molecule has 4 aromatic rings. The van der Waals surface area contributed by atoms with Gasteiger partial charge in [-0.2, -0.15) is 0 Å². The van der Waals surface area contributed by atoms with E-state index >= 15 is 0 Å². The number of aromatic amines is 1. The number of likely N-dealkylation sites (tertiary alicyclic amines) is 1. The molecule has 0 radical (unpaired) electrons. The fourth-order valence-electron chi connectivity index (χ4n) is 5.33. The van der Waals surface area contributed by atoms with Crippen molar-refractivity contribution in [3.63, 3.8) is 0 Å². The third-order valence-corrected chi connectivity index (χ3v) is 7.30. The summed E-state index contributed by atoms with van der Waals surface area (Å²) in [6.07, 6.45) is 6.64. The van der Waals surface area contributed by atoms with Gasteiger partial charge in [-0.15, -0.1) is 0 Å². The third-order valence-electron chi connectivity index (χ3n) is 7.30. The van der Waals surface area contributed by atoms with E-state index in [2.05, 4.69) is 20.2 Å². The topological polar surface area (TPSA) is 96.6 Å². The highest BCUT2D eigenvalue weighted by atomic mass is 16.5. The number of pyridine rings is 1. The van der Waals surface area contributed by atoms with Crippen molar-refractivity contribution in [1.82, 2.24) is 20.2 Å². The maximum Gasteiger partial charge on any atom is 0.338 e. The van der Waals surface area contributed by atoms with Crippen molar-refractivity contribution in [2.75, 3.05) is 40.4 Å². The number of carbonyl (C=O) groups excluding carboxylic acids is 2. The number of hydrogen-bond donors (Lipinski definition) is 2. The third kappa shape index (κ3) is 5.15. The number of amides is 1. The minimum atomic E-state index is -0.301. The quantitative estimate of drug-likeness (QED) is 0.273. The lowest BCUT2D eigenvalue weighted by Gasteiger charge is -2.32. The van der Waals surface area contributed by atoms with E-state index in [-0.39, 0.29) is 11.9 Å². The average molecular weight is 501 g/mol. The maximum absolute atomic E-state index is 12.9. The van der Waals surface area contributed by atoms with E-state index in [1.165, 1.54) is 12.7 Å². The smallest absolute Gasteiger partial charge is 0.338 e. The van der Waals surface area contributed by atoms with Crippen molar-refractivity contribution < 1.29 is 19.1 Å². The first-order valence-corrected chi connectivity index (χ1v) is 12.7. The second kappa shape index (κ2) is 11.0. The zero-order chi connectivity index (χ0) is 25.8. The molecule has 8 heteroatoms. The van der Waals surface area contributed by atoms with Crippen LogP contribution in [0, 0.1) is 0 Å². The Balaban J connectivity index is 1.14. The van der Waals surface area contributed by atoms with Gasteiger partial charge in [0.1, 0.15) is 5.75 Å². The molecule has 0 atom stereocenters. The summed E-state index contributed by atoms with van der Waals surface area (Å²) >= 11 is 0. The van der Waals surface area contributed by atoms with Crippen molar-refractivity contribution in [3.05, 3.63) is 71.5 Å². The Kier molecular flexibility index (Phi) is 7.37. The minimum Gasteiger partial charge on any atom is -0.497 e. The number of fused-ring (bicyclic) bond motifs is 2. The SMILES string of the molecule is COC(=O)c1cccc2[nH]cc(C3CCN(CCCNC(=O)c4ccnc5ccc(OC)cc45)CC3)c12. The molecular formula is C29H32N4O4. The van der Waals surface area contributed by atoms with Gasteiger partial charge >= 0.3 is 5.97 Å². The van der Waals surface area contributed by atoms with Crippen LogP contribution < -0.4 is 10.1 Å². The molecule has 0 spiro atoms. The Morgan fingerprint density at radius 1 is 1.11 bits per heavy atom. The number of aromatic nitrogens is 2. The molecule has 1 saturated heterocycles. The van der Waals surface area contributed by atoms with E-state index in [1.807, 2.05) is 42.6 Å². The van der Waals surface area contributed by atoms with E-state index in [4.69, 9.17) is 9.47 Å². The number of hydrogen-bond acceptors (Lipinski definition) is 6. The van der Waals surface area contributed by atoms with Gasteiger partial charge in [0.2, 0.25) is 0 Å². The standard InChI is InChI=1S/C29H32N4O4/c1-36-20-7-8-25-23(17-20)21(9-13-30-25)28(34)31-12-4-14-33-15-10-19(11-16-33)24-18-32-26-6-3-5-22(27(24)26)29(35)37-2/h3,5-9,13,17-19,32H,4,10-12,14-16H2,1-2H3,(H,31,34). The molecule has 0 saturated carbocycles. The molecule has 1 aliphatic heterocycles. The first kappa shape index (κ1) is 24.8. The van der Waals surface area contributed by atoms with Crippen LogP contribution in [0.4, 0.5) is 0 Å². The number of esters is 1. The van der Waals surface area contributed by atoms with Crippen LogP contribution >= 0.6 is 0 Å². The molecular weight excluding hydrogens is 468 g/mol. The molecule has 5 rings (SSSR count). The van der Waals surface area contributed by atoms with Gasteiger partial charge in [0.05, 0.1) is 30.9 Å². The van der Waals surface area contributed by atoms with Gasteiger partial charge in [-0.1, -0.05) is 6.07 Å². The second-order valence-corrected chi connectivity index (χ2v) is 9.43. The van der Waals surface area contributed by atoms with Crippen LogP contribution in [-0.2, 0) is 4.74 Å². The zero-order valence-electron chi connectivity index (χ0n) is 21.3. The fraction of sp³-hybridized carbons (Fsp3) is 0.345. The van der Waals surface area contributed by atoms with E-state index in [0.29, 0.717) is 29.3 Å². The average Bonchev–Trinajstić information content (AvgIpc) is 3.39. The van der Waals surface area contributed by atoms with E-state index in [9.17, 15) is 9.59 Å². The summed E-state index contributed by atoms with van der Waals surface area (Å²) in [5, 5.41) is 4.83. The lowest BCUT2D eigenvalue weighted by Crippen LogP contribution is -2.35. The molecule has 0 bridgehead atoms. The van der Waals surface area contributed by atoms with E-state index in [0.717, 1.165) is 60.7 Å². The molecule has 8 nitrogen and oxygen atoms in total. The number of methoxy groups -OCH3 is 2. The number of piperidine rings is 1. The van der Waals surface area contributed by atoms with Gasteiger partial charge in [-0.3, -0.25) is 9.78 Å². The molecule has 0 unspecified atom stereocenters. The van der Waals surface area contributed by atoms with Gasteiger partial charge < -0.3 is 24.7 Å². The van der Waals surface area contributed by atoms with Crippen molar-refractivity contribution in [2.45, 2.75) is 25.2 Å². The van der Waals surface area contributed by atoms with Crippen molar-refractivity contribution >= 4 is 33.7 Å². The van der Waals surface area contributed by atoms with Crippen molar-refractivity contribution in [3.8, 4) is 5.75 Å². The van der Waals surface area contributed by atoms with Gasteiger partial charge in [0.15, 0.2) is 0 Å². The van der Waals surface area contributed by atoms with Gasteiger partial charge in [-0.05, 0) is 86.8 Å². The summed E-state index contributed by atoms with van der Waals surface area (Å²) in [4.78, 5) is 35.3. The van der Waals surface area contributed by atoms with Crippen molar-refractivity contribution in [1.29, 1.82) is 0 Å². The number of ether oxygens (including phenoxy) is 2. The number of carbonyl (C=O) groups is 2. The highest BCUT2D eigenvalue weighted by Gasteiger charge is 2.25. The van der Waals surface area contributed by atoms with Crippen LogP contribution in [-0.4, -0.2) is 67.1 Å². The largest absolute Gasteiger partial charge is 0.497 e. The lowest BCUT2D eigenvalue weighted by atomic mass is 9.88.